The molecule has 8 heteroatoms. The normalized spacial score (nSPS) is 13.5. The molecular formula is C24H29N3O4S. The first-order valence-corrected chi connectivity index (χ1v) is 12.4. The molecule has 0 unspecified atom stereocenters. The number of para-hydroxylation sites is 1. The Hall–Kier alpha value is -2.84. The fraction of sp³-hybridized carbons (Fsp3) is 0.375. The number of rotatable bonds is 8. The average molecular weight is 456 g/mol. The number of nitrogens with one attached hydrogen (secondary N) is 1. The minimum absolute atomic E-state index is 0.0602. The zero-order chi connectivity index (χ0) is 22.9. The predicted molar refractivity (Wildman–Crippen MR) is 127 cm³/mol. The maximum atomic E-state index is 12.8. The summed E-state index contributed by atoms with van der Waals surface area (Å²) in [6.07, 6.45) is 0.713. The number of fused-ring (bicyclic) bond motifs is 2. The smallest absolute Gasteiger partial charge is 0.251 e. The fourth-order valence-electron chi connectivity index (χ4n) is 4.36. The van der Waals surface area contributed by atoms with Crippen molar-refractivity contribution in [1.29, 1.82) is 0 Å². The number of carbonyl (C=O) groups excluding carboxylic acids is 1. The molecule has 4 rings (SSSR count). The van der Waals surface area contributed by atoms with Gasteiger partial charge in [0.15, 0.2) is 0 Å². The predicted octanol–water partition coefficient (Wildman–Crippen LogP) is 3.03. The number of hydrogen-bond acceptors (Lipinski definition) is 4. The van der Waals surface area contributed by atoms with Crippen LogP contribution in [0.25, 0.3) is 10.9 Å². The molecule has 0 aliphatic carbocycles. The van der Waals surface area contributed by atoms with Crippen molar-refractivity contribution in [3.05, 3.63) is 64.8 Å². The topological polar surface area (TPSA) is 80.6 Å². The molecule has 1 aromatic heterocycles. The second kappa shape index (κ2) is 8.96. The zero-order valence-electron chi connectivity index (χ0n) is 18.7. The summed E-state index contributed by atoms with van der Waals surface area (Å²) in [6, 6.07) is 13.1. The molecule has 1 aliphatic rings. The molecule has 0 fully saturated rings. The Morgan fingerprint density at radius 1 is 1.16 bits per heavy atom. The molecular weight excluding hydrogens is 426 g/mol. The number of ether oxygens (including phenoxy) is 1. The Morgan fingerprint density at radius 2 is 1.94 bits per heavy atom. The summed E-state index contributed by atoms with van der Waals surface area (Å²) in [7, 11) is -1.82. The van der Waals surface area contributed by atoms with Gasteiger partial charge in [-0.05, 0) is 55.7 Å². The van der Waals surface area contributed by atoms with E-state index in [1.54, 1.807) is 13.2 Å². The highest BCUT2D eigenvalue weighted by atomic mass is 32.2. The third kappa shape index (κ3) is 4.12. The van der Waals surface area contributed by atoms with Crippen LogP contribution in [0.15, 0.2) is 42.5 Å². The molecule has 1 N–H and O–H groups in total. The van der Waals surface area contributed by atoms with Gasteiger partial charge in [-0.1, -0.05) is 18.2 Å². The van der Waals surface area contributed by atoms with Crippen LogP contribution in [0.5, 0.6) is 0 Å². The quantitative estimate of drug-likeness (QED) is 0.566. The van der Waals surface area contributed by atoms with E-state index in [9.17, 15) is 13.2 Å². The van der Waals surface area contributed by atoms with Gasteiger partial charge in [-0.25, -0.2) is 8.42 Å². The molecule has 1 aliphatic heterocycles. The van der Waals surface area contributed by atoms with Crippen LogP contribution < -0.4 is 9.62 Å². The van der Waals surface area contributed by atoms with E-state index >= 15 is 0 Å². The van der Waals surface area contributed by atoms with E-state index in [2.05, 4.69) is 16.8 Å². The van der Waals surface area contributed by atoms with Gasteiger partial charge < -0.3 is 14.6 Å². The van der Waals surface area contributed by atoms with Gasteiger partial charge in [0.1, 0.15) is 0 Å². The van der Waals surface area contributed by atoms with Crippen molar-refractivity contribution < 1.29 is 17.9 Å². The molecule has 32 heavy (non-hydrogen) atoms. The summed E-state index contributed by atoms with van der Waals surface area (Å²) < 4.78 is 34.5. The minimum atomic E-state index is -3.50. The molecule has 0 bridgehead atoms. The molecule has 0 saturated heterocycles. The van der Waals surface area contributed by atoms with Crippen molar-refractivity contribution in [2.24, 2.45) is 0 Å². The summed E-state index contributed by atoms with van der Waals surface area (Å²) in [6.45, 7) is 5.98. The van der Waals surface area contributed by atoms with E-state index in [1.165, 1.54) is 4.31 Å². The lowest BCUT2D eigenvalue weighted by Gasteiger charge is -2.19. The van der Waals surface area contributed by atoms with Crippen LogP contribution in [-0.2, 0) is 27.7 Å². The number of nitrogens with zero attached hydrogens (tertiary/aromatic N) is 2. The summed E-state index contributed by atoms with van der Waals surface area (Å²) in [5.74, 6) is -0.411. The second-order valence-corrected chi connectivity index (χ2v) is 10.1. The molecule has 1 amide bonds. The van der Waals surface area contributed by atoms with Gasteiger partial charge in [0, 0.05) is 48.9 Å². The number of aryl methyl sites for hydroxylation is 1. The van der Waals surface area contributed by atoms with E-state index in [4.69, 9.17) is 4.74 Å². The van der Waals surface area contributed by atoms with Gasteiger partial charge in [-0.15, -0.1) is 0 Å². The lowest BCUT2D eigenvalue weighted by Crippen LogP contribution is -2.37. The van der Waals surface area contributed by atoms with Crippen molar-refractivity contribution in [2.75, 3.05) is 36.9 Å². The SMILES string of the molecule is COCCn1c(C)c(C)c2cc(C(=O)NCCS(=O)(=O)N3CCc4ccccc43)ccc21. The minimum Gasteiger partial charge on any atom is -0.383 e. The first-order valence-electron chi connectivity index (χ1n) is 10.8. The molecule has 0 saturated carbocycles. The van der Waals surface area contributed by atoms with Crippen LogP contribution in [0.4, 0.5) is 5.69 Å². The van der Waals surface area contributed by atoms with Crippen LogP contribution in [-0.4, -0.2) is 51.5 Å². The summed E-state index contributed by atoms with van der Waals surface area (Å²) in [5, 5.41) is 3.79. The van der Waals surface area contributed by atoms with E-state index in [-0.39, 0.29) is 18.2 Å². The third-order valence-corrected chi connectivity index (χ3v) is 8.02. The van der Waals surface area contributed by atoms with Crippen LogP contribution in [0.2, 0.25) is 0 Å². The summed E-state index contributed by atoms with van der Waals surface area (Å²) in [5.41, 5.74) is 5.63. The van der Waals surface area contributed by atoms with Gasteiger partial charge in [-0.3, -0.25) is 9.10 Å². The van der Waals surface area contributed by atoms with Gasteiger partial charge in [-0.2, -0.15) is 0 Å². The summed E-state index contributed by atoms with van der Waals surface area (Å²) in [4.78, 5) is 12.7. The van der Waals surface area contributed by atoms with Gasteiger partial charge in [0.2, 0.25) is 10.0 Å². The number of amides is 1. The van der Waals surface area contributed by atoms with E-state index in [1.807, 2.05) is 43.3 Å². The van der Waals surface area contributed by atoms with Gasteiger partial charge in [0.05, 0.1) is 18.0 Å². The second-order valence-electron chi connectivity index (χ2n) is 8.11. The van der Waals surface area contributed by atoms with Crippen LogP contribution in [0, 0.1) is 13.8 Å². The number of carbonyl (C=O) groups is 1. The van der Waals surface area contributed by atoms with Crippen molar-refractivity contribution in [3.63, 3.8) is 0 Å². The molecule has 2 aromatic carbocycles. The highest BCUT2D eigenvalue weighted by Gasteiger charge is 2.28. The molecule has 0 radical (unpaired) electrons. The number of hydrogen-bond donors (Lipinski definition) is 1. The van der Waals surface area contributed by atoms with Crippen LogP contribution >= 0.6 is 0 Å². The molecule has 0 atom stereocenters. The van der Waals surface area contributed by atoms with E-state index in [0.29, 0.717) is 25.1 Å². The maximum absolute atomic E-state index is 12.8. The lowest BCUT2D eigenvalue weighted by atomic mass is 10.1. The number of sulfonamides is 1. The Bertz CT molecular complexity index is 1260. The number of methoxy groups -OCH3 is 1. The third-order valence-electron chi connectivity index (χ3n) is 6.25. The van der Waals surface area contributed by atoms with E-state index in [0.717, 1.165) is 40.0 Å². The van der Waals surface area contributed by atoms with Gasteiger partial charge in [0.25, 0.3) is 5.91 Å². The zero-order valence-corrected chi connectivity index (χ0v) is 19.5. The maximum Gasteiger partial charge on any atom is 0.251 e. The number of aromatic nitrogens is 1. The average Bonchev–Trinajstić information content (AvgIpc) is 3.32. The lowest BCUT2D eigenvalue weighted by molar-refractivity contribution is 0.0956. The fourth-order valence-corrected chi connectivity index (χ4v) is 5.79. The molecule has 0 spiro atoms. The van der Waals surface area contributed by atoms with Crippen molar-refractivity contribution in [1.82, 2.24) is 9.88 Å². The first-order chi connectivity index (χ1) is 15.3. The van der Waals surface area contributed by atoms with Crippen LogP contribution in [0.1, 0.15) is 27.2 Å². The molecule has 170 valence electrons. The molecule has 3 aromatic rings. The highest BCUT2D eigenvalue weighted by molar-refractivity contribution is 7.92. The van der Waals surface area contributed by atoms with Crippen molar-refractivity contribution in [3.8, 4) is 0 Å². The monoisotopic (exact) mass is 455 g/mol. The number of benzene rings is 2. The molecule has 2 heterocycles. The Kier molecular flexibility index (Phi) is 6.26. The van der Waals surface area contributed by atoms with Crippen LogP contribution in [0.3, 0.4) is 0 Å². The van der Waals surface area contributed by atoms with E-state index < -0.39 is 10.0 Å². The van der Waals surface area contributed by atoms with Crippen molar-refractivity contribution >= 4 is 32.5 Å². The van der Waals surface area contributed by atoms with Gasteiger partial charge >= 0.3 is 0 Å². The summed E-state index contributed by atoms with van der Waals surface area (Å²) >= 11 is 0. The Balaban J connectivity index is 1.44. The van der Waals surface area contributed by atoms with Crippen molar-refractivity contribution in [2.45, 2.75) is 26.8 Å². The first kappa shape index (κ1) is 22.4. The molecule has 7 nitrogen and oxygen atoms in total. The Morgan fingerprint density at radius 3 is 2.72 bits per heavy atom. The number of anilines is 1. The highest BCUT2D eigenvalue weighted by Crippen LogP contribution is 2.30. The Labute approximate surface area is 189 Å². The standard InChI is InChI=1S/C24H29N3O4S/c1-17-18(2)26(13-14-31-3)23-9-8-20(16-21(17)23)24(28)25-11-15-32(29,30)27-12-10-19-6-4-5-7-22(19)27/h4-9,16H,10-15H2,1-3H3,(H,25,28). The largest absolute Gasteiger partial charge is 0.383 e.